The van der Waals surface area contributed by atoms with E-state index in [0.717, 1.165) is 17.8 Å². The Morgan fingerprint density at radius 1 is 1.13 bits per heavy atom. The summed E-state index contributed by atoms with van der Waals surface area (Å²) in [5.41, 5.74) is 6.05. The van der Waals surface area contributed by atoms with Crippen LogP contribution in [0.15, 0.2) is 41.1 Å². The number of hydrogen-bond donors (Lipinski definition) is 2. The molecule has 4 rings (SSSR count). The quantitative estimate of drug-likeness (QED) is 0.657. The van der Waals surface area contributed by atoms with Crippen LogP contribution in [-0.2, 0) is 12.7 Å². The standard InChI is InChI=1S/C19H19F3N6O2/c20-19(21,22)13-1-4-16(24-10-13)28-7-5-27(6-8-28)11-12-9-25-26-17(12)14-2-3-15(30-14)18(23)29/h1-4,9-10H,5-8,11H2,(H2,23,29)(H,25,26). The Labute approximate surface area is 169 Å². The number of rotatable bonds is 5. The van der Waals surface area contributed by atoms with Crippen molar-refractivity contribution in [2.75, 3.05) is 31.1 Å². The molecular formula is C19H19F3N6O2. The molecule has 1 saturated heterocycles. The Bertz CT molecular complexity index is 1020. The second-order valence-corrected chi connectivity index (χ2v) is 6.96. The summed E-state index contributed by atoms with van der Waals surface area (Å²) >= 11 is 0. The van der Waals surface area contributed by atoms with E-state index in [-0.39, 0.29) is 5.76 Å². The first-order valence-corrected chi connectivity index (χ1v) is 9.24. The summed E-state index contributed by atoms with van der Waals surface area (Å²) in [6.45, 7) is 3.29. The molecule has 3 N–H and O–H groups in total. The van der Waals surface area contributed by atoms with Crippen molar-refractivity contribution in [1.29, 1.82) is 0 Å². The number of hydrogen-bond acceptors (Lipinski definition) is 6. The minimum atomic E-state index is -4.39. The number of pyridine rings is 1. The maximum absolute atomic E-state index is 12.7. The lowest BCUT2D eigenvalue weighted by Gasteiger charge is -2.35. The second-order valence-electron chi connectivity index (χ2n) is 6.96. The van der Waals surface area contributed by atoms with Gasteiger partial charge in [0.2, 0.25) is 0 Å². The summed E-state index contributed by atoms with van der Waals surface area (Å²) in [5.74, 6) is 0.434. The van der Waals surface area contributed by atoms with Crippen LogP contribution in [0.4, 0.5) is 19.0 Å². The van der Waals surface area contributed by atoms with Crippen molar-refractivity contribution in [3.63, 3.8) is 0 Å². The van der Waals surface area contributed by atoms with Crippen molar-refractivity contribution in [3.8, 4) is 11.5 Å². The molecule has 0 atom stereocenters. The monoisotopic (exact) mass is 420 g/mol. The van der Waals surface area contributed by atoms with Crippen LogP contribution in [0.25, 0.3) is 11.5 Å². The highest BCUT2D eigenvalue weighted by Crippen LogP contribution is 2.30. The summed E-state index contributed by atoms with van der Waals surface area (Å²) in [4.78, 5) is 19.4. The average Bonchev–Trinajstić information content (AvgIpc) is 3.37. The zero-order valence-corrected chi connectivity index (χ0v) is 15.8. The average molecular weight is 420 g/mol. The second kappa shape index (κ2) is 7.82. The molecule has 3 aromatic heterocycles. The molecule has 4 heterocycles. The highest BCUT2D eigenvalue weighted by molar-refractivity contribution is 5.90. The van der Waals surface area contributed by atoms with Crippen LogP contribution in [0.3, 0.4) is 0 Å². The van der Waals surface area contributed by atoms with E-state index in [2.05, 4.69) is 20.1 Å². The SMILES string of the molecule is NC(=O)c1ccc(-c2[nH]ncc2CN2CCN(c3ccc(C(F)(F)F)cn3)CC2)o1. The summed E-state index contributed by atoms with van der Waals surface area (Å²) < 4.78 is 43.5. The van der Waals surface area contributed by atoms with Crippen molar-refractivity contribution in [3.05, 3.63) is 53.5 Å². The van der Waals surface area contributed by atoms with E-state index >= 15 is 0 Å². The number of aromatic amines is 1. The maximum atomic E-state index is 12.7. The zero-order chi connectivity index (χ0) is 21.3. The number of alkyl halides is 3. The van der Waals surface area contributed by atoms with Gasteiger partial charge in [0, 0.05) is 44.5 Å². The van der Waals surface area contributed by atoms with Crippen molar-refractivity contribution >= 4 is 11.7 Å². The molecule has 0 bridgehead atoms. The molecule has 0 unspecified atom stereocenters. The molecule has 0 spiro atoms. The third kappa shape index (κ3) is 4.15. The molecule has 1 amide bonds. The highest BCUT2D eigenvalue weighted by Gasteiger charge is 2.31. The van der Waals surface area contributed by atoms with E-state index in [4.69, 9.17) is 10.2 Å². The number of aromatic nitrogens is 3. The van der Waals surface area contributed by atoms with Crippen molar-refractivity contribution in [2.45, 2.75) is 12.7 Å². The van der Waals surface area contributed by atoms with Gasteiger partial charge < -0.3 is 15.1 Å². The Hall–Kier alpha value is -3.34. The van der Waals surface area contributed by atoms with Gasteiger partial charge in [-0.25, -0.2) is 4.98 Å². The van der Waals surface area contributed by atoms with Gasteiger partial charge in [-0.1, -0.05) is 0 Å². The van der Waals surface area contributed by atoms with Crippen LogP contribution in [0, 0.1) is 0 Å². The number of halogens is 3. The number of amides is 1. The normalized spacial score (nSPS) is 15.5. The van der Waals surface area contributed by atoms with E-state index in [1.807, 2.05) is 4.90 Å². The fourth-order valence-electron chi connectivity index (χ4n) is 3.37. The van der Waals surface area contributed by atoms with E-state index < -0.39 is 17.6 Å². The molecule has 30 heavy (non-hydrogen) atoms. The number of primary amides is 1. The molecular weight excluding hydrogens is 401 g/mol. The molecule has 0 saturated carbocycles. The largest absolute Gasteiger partial charge is 0.449 e. The molecule has 1 fully saturated rings. The number of nitrogens with one attached hydrogen (secondary N) is 1. The smallest absolute Gasteiger partial charge is 0.417 e. The Morgan fingerprint density at radius 2 is 1.90 bits per heavy atom. The molecule has 3 aromatic rings. The summed E-state index contributed by atoms with van der Waals surface area (Å²) in [5, 5.41) is 6.95. The van der Waals surface area contributed by atoms with Gasteiger partial charge in [-0.3, -0.25) is 14.8 Å². The predicted octanol–water partition coefficient (Wildman–Crippen LogP) is 2.50. The zero-order valence-electron chi connectivity index (χ0n) is 15.8. The van der Waals surface area contributed by atoms with Gasteiger partial charge in [-0.15, -0.1) is 0 Å². The number of H-pyrrole nitrogens is 1. The van der Waals surface area contributed by atoms with Crippen LogP contribution in [0.2, 0.25) is 0 Å². The van der Waals surface area contributed by atoms with Gasteiger partial charge in [0.25, 0.3) is 5.91 Å². The first kappa shape index (κ1) is 20.0. The molecule has 0 aromatic carbocycles. The molecule has 11 heteroatoms. The molecule has 1 aliphatic rings. The van der Waals surface area contributed by atoms with Crippen LogP contribution in [0.5, 0.6) is 0 Å². The third-order valence-electron chi connectivity index (χ3n) is 4.98. The predicted molar refractivity (Wildman–Crippen MR) is 102 cm³/mol. The topological polar surface area (TPSA) is 104 Å². The number of nitrogens with zero attached hydrogens (tertiary/aromatic N) is 4. The van der Waals surface area contributed by atoms with Crippen LogP contribution in [0.1, 0.15) is 21.7 Å². The fourth-order valence-corrected chi connectivity index (χ4v) is 3.37. The number of piperazine rings is 1. The minimum absolute atomic E-state index is 0.0724. The number of carbonyl (C=O) groups is 1. The number of nitrogens with two attached hydrogens (primary N) is 1. The van der Waals surface area contributed by atoms with Gasteiger partial charge in [-0.2, -0.15) is 18.3 Å². The lowest BCUT2D eigenvalue weighted by molar-refractivity contribution is -0.137. The van der Waals surface area contributed by atoms with E-state index in [1.54, 1.807) is 12.3 Å². The van der Waals surface area contributed by atoms with E-state index in [9.17, 15) is 18.0 Å². The molecule has 0 aliphatic carbocycles. The third-order valence-corrected chi connectivity index (χ3v) is 4.98. The van der Waals surface area contributed by atoms with Gasteiger partial charge in [0.05, 0.1) is 11.8 Å². The van der Waals surface area contributed by atoms with Crippen molar-refractivity contribution < 1.29 is 22.4 Å². The van der Waals surface area contributed by atoms with Crippen LogP contribution < -0.4 is 10.6 Å². The Balaban J connectivity index is 1.38. The Morgan fingerprint density at radius 3 is 2.50 bits per heavy atom. The van der Waals surface area contributed by atoms with Gasteiger partial charge in [0.1, 0.15) is 11.5 Å². The van der Waals surface area contributed by atoms with E-state index in [0.29, 0.717) is 50.0 Å². The van der Waals surface area contributed by atoms with Crippen molar-refractivity contribution in [2.24, 2.45) is 5.73 Å². The summed E-state index contributed by atoms with van der Waals surface area (Å²) in [7, 11) is 0. The molecule has 1 aliphatic heterocycles. The lowest BCUT2D eigenvalue weighted by Crippen LogP contribution is -2.46. The first-order chi connectivity index (χ1) is 14.3. The number of anilines is 1. The van der Waals surface area contributed by atoms with Gasteiger partial charge in [0.15, 0.2) is 11.5 Å². The van der Waals surface area contributed by atoms with Crippen molar-refractivity contribution in [1.82, 2.24) is 20.1 Å². The lowest BCUT2D eigenvalue weighted by atomic mass is 10.2. The van der Waals surface area contributed by atoms with Crippen LogP contribution >= 0.6 is 0 Å². The summed E-state index contributed by atoms with van der Waals surface area (Å²) in [6, 6.07) is 5.62. The fraction of sp³-hybridized carbons (Fsp3) is 0.316. The van der Waals surface area contributed by atoms with Gasteiger partial charge >= 0.3 is 6.18 Å². The number of furan rings is 1. The molecule has 8 nitrogen and oxygen atoms in total. The minimum Gasteiger partial charge on any atom is -0.449 e. The number of carbonyl (C=O) groups excluding carboxylic acids is 1. The molecule has 0 radical (unpaired) electrons. The highest BCUT2D eigenvalue weighted by atomic mass is 19.4. The molecule has 158 valence electrons. The maximum Gasteiger partial charge on any atom is 0.417 e. The van der Waals surface area contributed by atoms with E-state index in [1.165, 1.54) is 12.1 Å². The Kier molecular flexibility index (Phi) is 5.20. The first-order valence-electron chi connectivity index (χ1n) is 9.24. The summed E-state index contributed by atoms with van der Waals surface area (Å²) in [6.07, 6.45) is -1.83. The van der Waals surface area contributed by atoms with Gasteiger partial charge in [-0.05, 0) is 24.3 Å². The van der Waals surface area contributed by atoms with Crippen LogP contribution in [-0.4, -0.2) is 52.2 Å².